The Balaban J connectivity index is 2.12. The van der Waals surface area contributed by atoms with Crippen LogP contribution in [0.2, 0.25) is 0 Å². The molecule has 0 aliphatic heterocycles. The maximum absolute atomic E-state index is 5.96. The van der Waals surface area contributed by atoms with Crippen molar-refractivity contribution in [3.05, 3.63) is 53.7 Å². The maximum atomic E-state index is 5.96. The largest absolute Gasteiger partial charge is 0.327 e. The van der Waals surface area contributed by atoms with Gasteiger partial charge in [-0.1, -0.05) is 37.3 Å². The van der Waals surface area contributed by atoms with E-state index in [4.69, 9.17) is 17.3 Å². The van der Waals surface area contributed by atoms with Crippen LogP contribution in [-0.4, -0.2) is 11.0 Å². The maximum Gasteiger partial charge on any atom is 0.0702 e. The molecular weight excluding hydrogens is 256 g/mol. The number of hydrogen-bond acceptors (Lipinski definition) is 2. The van der Waals surface area contributed by atoms with Crippen LogP contribution in [-0.2, 0) is 12.3 Å². The molecule has 0 aliphatic rings. The number of pyridine rings is 1. The van der Waals surface area contributed by atoms with Gasteiger partial charge in [0.25, 0.3) is 0 Å². The number of aromatic nitrogens is 1. The normalized spacial score (nSPS) is 12.4. The molecule has 0 radical (unpaired) electrons. The minimum Gasteiger partial charge on any atom is -0.327 e. The summed E-state index contributed by atoms with van der Waals surface area (Å²) >= 11 is 5.76. The highest BCUT2D eigenvalue weighted by molar-refractivity contribution is 6.17. The van der Waals surface area contributed by atoms with Crippen LogP contribution < -0.4 is 5.73 Å². The van der Waals surface area contributed by atoms with Crippen LogP contribution >= 0.6 is 11.6 Å². The molecule has 1 aromatic carbocycles. The fraction of sp³-hybridized carbons (Fsp3) is 0.312. The Labute approximate surface area is 119 Å². The molecule has 0 saturated heterocycles. The topological polar surface area (TPSA) is 38.9 Å². The predicted octanol–water partition coefficient (Wildman–Crippen LogP) is 3.77. The van der Waals surface area contributed by atoms with Crippen molar-refractivity contribution >= 4 is 11.6 Å². The number of alkyl halides is 1. The fourth-order valence-electron chi connectivity index (χ4n) is 1.93. The molecule has 2 rings (SSSR count). The summed E-state index contributed by atoms with van der Waals surface area (Å²) in [4.78, 5) is 4.42. The Kier molecular flexibility index (Phi) is 4.94. The first-order chi connectivity index (χ1) is 9.22. The minimum atomic E-state index is 0.243. The molecule has 1 aromatic heterocycles. The molecule has 2 nitrogen and oxygen atoms in total. The fourth-order valence-corrected chi connectivity index (χ4v) is 2.09. The second-order valence-electron chi connectivity index (χ2n) is 4.75. The van der Waals surface area contributed by atoms with Gasteiger partial charge in [0.05, 0.1) is 5.69 Å². The van der Waals surface area contributed by atoms with Crippen LogP contribution in [0.25, 0.3) is 11.3 Å². The van der Waals surface area contributed by atoms with E-state index in [1.807, 2.05) is 18.3 Å². The van der Waals surface area contributed by atoms with Gasteiger partial charge in [-0.05, 0) is 30.0 Å². The van der Waals surface area contributed by atoms with Gasteiger partial charge in [0, 0.05) is 23.7 Å². The second-order valence-corrected chi connectivity index (χ2v) is 5.02. The first-order valence-electron chi connectivity index (χ1n) is 6.58. The van der Waals surface area contributed by atoms with Gasteiger partial charge in [-0.25, -0.2) is 0 Å². The Morgan fingerprint density at radius 1 is 1.11 bits per heavy atom. The van der Waals surface area contributed by atoms with E-state index in [0.29, 0.717) is 5.88 Å². The summed E-state index contributed by atoms with van der Waals surface area (Å²) in [5.74, 6) is 0.501. The molecule has 3 heteroatoms. The van der Waals surface area contributed by atoms with E-state index in [0.717, 1.165) is 29.7 Å². The van der Waals surface area contributed by atoms with Crippen molar-refractivity contribution in [2.75, 3.05) is 0 Å². The monoisotopic (exact) mass is 274 g/mol. The van der Waals surface area contributed by atoms with Crippen molar-refractivity contribution < 1.29 is 0 Å². The minimum absolute atomic E-state index is 0.243. The van der Waals surface area contributed by atoms with Gasteiger partial charge in [-0.3, -0.25) is 4.98 Å². The van der Waals surface area contributed by atoms with E-state index in [1.54, 1.807) is 0 Å². The lowest BCUT2D eigenvalue weighted by Gasteiger charge is -2.09. The number of hydrogen-bond donors (Lipinski definition) is 1. The highest BCUT2D eigenvalue weighted by Gasteiger charge is 2.03. The SMILES string of the molecule is CCC(N)Cc1ccc(-c2ccc(CCl)cn2)cc1. The third kappa shape index (κ3) is 3.79. The molecule has 1 heterocycles. The molecule has 1 atom stereocenters. The van der Waals surface area contributed by atoms with Gasteiger partial charge in [0.15, 0.2) is 0 Å². The third-order valence-corrected chi connectivity index (χ3v) is 3.56. The van der Waals surface area contributed by atoms with Gasteiger partial charge in [0.2, 0.25) is 0 Å². The van der Waals surface area contributed by atoms with Gasteiger partial charge in [-0.2, -0.15) is 0 Å². The smallest absolute Gasteiger partial charge is 0.0702 e. The van der Waals surface area contributed by atoms with Gasteiger partial charge in [0.1, 0.15) is 0 Å². The summed E-state index contributed by atoms with van der Waals surface area (Å²) in [6, 6.07) is 12.7. The molecule has 0 fully saturated rings. The number of rotatable bonds is 5. The predicted molar refractivity (Wildman–Crippen MR) is 81.2 cm³/mol. The molecular formula is C16H19ClN2. The lowest BCUT2D eigenvalue weighted by atomic mass is 10.0. The van der Waals surface area contributed by atoms with E-state index in [-0.39, 0.29) is 6.04 Å². The van der Waals surface area contributed by atoms with Crippen LogP contribution in [0.5, 0.6) is 0 Å². The Morgan fingerprint density at radius 2 is 1.79 bits per heavy atom. The summed E-state index contributed by atoms with van der Waals surface area (Å²) in [5, 5.41) is 0. The summed E-state index contributed by atoms with van der Waals surface area (Å²) in [6.45, 7) is 2.11. The first kappa shape index (κ1) is 14.0. The van der Waals surface area contributed by atoms with Crippen LogP contribution in [0.4, 0.5) is 0 Å². The average Bonchev–Trinajstić information content (AvgIpc) is 2.48. The number of nitrogens with zero attached hydrogens (tertiary/aromatic N) is 1. The molecule has 1 unspecified atom stereocenters. The number of nitrogens with two attached hydrogens (primary N) is 1. The molecule has 0 saturated carbocycles. The number of halogens is 1. The highest BCUT2D eigenvalue weighted by Crippen LogP contribution is 2.19. The average molecular weight is 275 g/mol. The van der Waals surface area contributed by atoms with Crippen LogP contribution in [0, 0.1) is 0 Å². The van der Waals surface area contributed by atoms with Gasteiger partial charge < -0.3 is 5.73 Å². The van der Waals surface area contributed by atoms with E-state index >= 15 is 0 Å². The first-order valence-corrected chi connectivity index (χ1v) is 7.12. The molecule has 2 aromatic rings. The quantitative estimate of drug-likeness (QED) is 0.843. The van der Waals surface area contributed by atoms with E-state index < -0.39 is 0 Å². The van der Waals surface area contributed by atoms with Crippen molar-refractivity contribution in [3.8, 4) is 11.3 Å². The van der Waals surface area contributed by atoms with Crippen molar-refractivity contribution in [2.24, 2.45) is 5.73 Å². The second kappa shape index (κ2) is 6.69. The summed E-state index contributed by atoms with van der Waals surface area (Å²) in [6.07, 6.45) is 3.75. The number of benzene rings is 1. The molecule has 0 amide bonds. The van der Waals surface area contributed by atoms with Gasteiger partial charge in [-0.15, -0.1) is 11.6 Å². The van der Waals surface area contributed by atoms with Crippen LogP contribution in [0.1, 0.15) is 24.5 Å². The van der Waals surface area contributed by atoms with Crippen LogP contribution in [0.15, 0.2) is 42.6 Å². The molecule has 100 valence electrons. The van der Waals surface area contributed by atoms with E-state index in [1.165, 1.54) is 5.56 Å². The summed E-state index contributed by atoms with van der Waals surface area (Å²) in [5.41, 5.74) is 10.4. The van der Waals surface area contributed by atoms with Crippen molar-refractivity contribution in [1.29, 1.82) is 0 Å². The molecule has 0 spiro atoms. The molecule has 19 heavy (non-hydrogen) atoms. The molecule has 0 bridgehead atoms. The lowest BCUT2D eigenvalue weighted by Crippen LogP contribution is -2.21. The molecule has 0 aliphatic carbocycles. The van der Waals surface area contributed by atoms with Crippen molar-refractivity contribution in [3.63, 3.8) is 0 Å². The van der Waals surface area contributed by atoms with Crippen molar-refractivity contribution in [1.82, 2.24) is 4.98 Å². The highest BCUT2D eigenvalue weighted by atomic mass is 35.5. The standard InChI is InChI=1S/C16H19ClN2/c1-2-15(18)9-12-3-6-14(7-4-12)16-8-5-13(10-17)11-19-16/h3-8,11,15H,2,9-10,18H2,1H3. The lowest BCUT2D eigenvalue weighted by molar-refractivity contribution is 0.646. The molecule has 2 N–H and O–H groups in total. The van der Waals surface area contributed by atoms with Gasteiger partial charge >= 0.3 is 0 Å². The Morgan fingerprint density at radius 3 is 2.32 bits per heavy atom. The third-order valence-electron chi connectivity index (χ3n) is 3.25. The Bertz CT molecular complexity index is 505. The zero-order valence-electron chi connectivity index (χ0n) is 11.1. The van der Waals surface area contributed by atoms with Crippen molar-refractivity contribution in [2.45, 2.75) is 31.7 Å². The van der Waals surface area contributed by atoms with Crippen LogP contribution in [0.3, 0.4) is 0 Å². The summed E-state index contributed by atoms with van der Waals surface area (Å²) < 4.78 is 0. The zero-order chi connectivity index (χ0) is 13.7. The van der Waals surface area contributed by atoms with E-state index in [2.05, 4.69) is 36.2 Å². The Hall–Kier alpha value is -1.38. The zero-order valence-corrected chi connectivity index (χ0v) is 11.9. The van der Waals surface area contributed by atoms with E-state index in [9.17, 15) is 0 Å². The summed E-state index contributed by atoms with van der Waals surface area (Å²) in [7, 11) is 0.